The molecule has 4 heteroatoms. The van der Waals surface area contributed by atoms with E-state index in [4.69, 9.17) is 9.47 Å². The lowest BCUT2D eigenvalue weighted by atomic mass is 10.5. The Morgan fingerprint density at radius 3 is 2.42 bits per heavy atom. The highest BCUT2D eigenvalue weighted by atomic mass is 16.5. The molecule has 12 heavy (non-hydrogen) atoms. The zero-order chi connectivity index (χ0) is 9.23. The van der Waals surface area contributed by atoms with E-state index in [9.17, 15) is 4.79 Å². The predicted octanol–water partition coefficient (Wildman–Crippen LogP) is 0.603. The van der Waals surface area contributed by atoms with Crippen molar-refractivity contribution in [3.8, 4) is 0 Å². The smallest absolute Gasteiger partial charge is 0.307 e. The van der Waals surface area contributed by atoms with E-state index in [0.29, 0.717) is 32.8 Å². The summed E-state index contributed by atoms with van der Waals surface area (Å²) in [4.78, 5) is 10.6. The first kappa shape index (κ1) is 11.4. The first-order valence-electron chi connectivity index (χ1n) is 4.03. The molecule has 0 amide bonds. The Labute approximate surface area is 72.8 Å². The van der Waals surface area contributed by atoms with Crippen LogP contribution in [0.3, 0.4) is 0 Å². The van der Waals surface area contributed by atoms with Gasteiger partial charge in [-0.3, -0.25) is 4.79 Å². The van der Waals surface area contributed by atoms with Crippen molar-refractivity contribution in [1.82, 2.24) is 0 Å². The van der Waals surface area contributed by atoms with Gasteiger partial charge in [0.1, 0.15) is 0 Å². The number of methoxy groups -OCH3 is 1. The molecule has 0 heterocycles. The second-order valence-corrected chi connectivity index (χ2v) is 2.14. The van der Waals surface area contributed by atoms with Gasteiger partial charge in [0.15, 0.2) is 0 Å². The summed E-state index contributed by atoms with van der Waals surface area (Å²) in [7, 11) is 1.36. The molecule has 0 saturated heterocycles. The van der Waals surface area contributed by atoms with Crippen molar-refractivity contribution in [2.45, 2.75) is 13.3 Å². The lowest BCUT2D eigenvalue weighted by Gasteiger charge is -2.02. The number of rotatable bonds is 7. The van der Waals surface area contributed by atoms with E-state index < -0.39 is 0 Å². The van der Waals surface area contributed by atoms with Gasteiger partial charge in [-0.1, -0.05) is 0 Å². The fraction of sp³-hybridized carbons (Fsp3) is 0.875. The third kappa shape index (κ3) is 7.50. The molecule has 0 aliphatic heterocycles. The number of ether oxygens (including phenoxy) is 3. The van der Waals surface area contributed by atoms with Crippen molar-refractivity contribution in [2.24, 2.45) is 0 Å². The van der Waals surface area contributed by atoms with Gasteiger partial charge in [0, 0.05) is 6.61 Å². The largest absolute Gasteiger partial charge is 0.469 e. The quantitative estimate of drug-likeness (QED) is 0.421. The first-order chi connectivity index (χ1) is 5.81. The Morgan fingerprint density at radius 2 is 1.83 bits per heavy atom. The molecule has 0 aliphatic carbocycles. The Morgan fingerprint density at radius 1 is 1.17 bits per heavy atom. The van der Waals surface area contributed by atoms with Crippen molar-refractivity contribution < 1.29 is 19.0 Å². The van der Waals surface area contributed by atoms with Crippen LogP contribution in [0.4, 0.5) is 0 Å². The summed E-state index contributed by atoms with van der Waals surface area (Å²) < 4.78 is 14.5. The maximum Gasteiger partial charge on any atom is 0.307 e. The van der Waals surface area contributed by atoms with Gasteiger partial charge in [0.05, 0.1) is 33.4 Å². The van der Waals surface area contributed by atoms with Crippen LogP contribution in [0.5, 0.6) is 0 Å². The maximum atomic E-state index is 10.6. The first-order valence-corrected chi connectivity index (χ1v) is 4.03. The lowest BCUT2D eigenvalue weighted by Crippen LogP contribution is -2.09. The molecule has 0 unspecified atom stereocenters. The number of esters is 1. The van der Waals surface area contributed by atoms with E-state index in [2.05, 4.69) is 4.74 Å². The van der Waals surface area contributed by atoms with Crippen LogP contribution in [0.1, 0.15) is 13.3 Å². The molecule has 0 rings (SSSR count). The zero-order valence-corrected chi connectivity index (χ0v) is 7.67. The summed E-state index contributed by atoms with van der Waals surface area (Å²) in [6, 6.07) is 0. The Bertz CT molecular complexity index is 114. The van der Waals surface area contributed by atoms with E-state index in [-0.39, 0.29) is 5.97 Å². The van der Waals surface area contributed by atoms with Crippen LogP contribution < -0.4 is 0 Å². The van der Waals surface area contributed by atoms with E-state index in [0.717, 1.165) is 0 Å². The van der Waals surface area contributed by atoms with E-state index in [1.54, 1.807) is 0 Å². The highest BCUT2D eigenvalue weighted by molar-refractivity contribution is 5.69. The predicted molar refractivity (Wildman–Crippen MR) is 43.9 cm³/mol. The van der Waals surface area contributed by atoms with Gasteiger partial charge in [-0.25, -0.2) is 0 Å². The summed E-state index contributed by atoms with van der Waals surface area (Å²) in [6.45, 7) is 4.14. The summed E-state index contributed by atoms with van der Waals surface area (Å²) >= 11 is 0. The summed E-state index contributed by atoms with van der Waals surface area (Å²) in [5.41, 5.74) is 0. The fourth-order valence-corrected chi connectivity index (χ4v) is 0.622. The van der Waals surface area contributed by atoms with Gasteiger partial charge in [-0.15, -0.1) is 0 Å². The number of hydrogen-bond donors (Lipinski definition) is 0. The lowest BCUT2D eigenvalue weighted by molar-refractivity contribution is -0.141. The van der Waals surface area contributed by atoms with Crippen LogP contribution in [0, 0.1) is 0 Å². The summed E-state index contributed by atoms with van der Waals surface area (Å²) in [5, 5.41) is 0. The molecule has 0 aromatic rings. The van der Waals surface area contributed by atoms with Crippen LogP contribution in [-0.4, -0.2) is 39.5 Å². The molecule has 4 nitrogen and oxygen atoms in total. The van der Waals surface area contributed by atoms with Crippen molar-refractivity contribution in [2.75, 3.05) is 33.5 Å². The maximum absolute atomic E-state index is 10.6. The molecule has 0 atom stereocenters. The van der Waals surface area contributed by atoms with Crippen molar-refractivity contribution >= 4 is 5.97 Å². The molecule has 0 N–H and O–H groups in total. The van der Waals surface area contributed by atoms with Gasteiger partial charge in [0.2, 0.25) is 0 Å². The molecule has 72 valence electrons. The molecular formula is C8H16O4. The highest BCUT2D eigenvalue weighted by Gasteiger charge is 1.98. The third-order valence-corrected chi connectivity index (χ3v) is 1.25. The van der Waals surface area contributed by atoms with E-state index in [1.165, 1.54) is 7.11 Å². The summed E-state index contributed by atoms with van der Waals surface area (Å²) in [5.74, 6) is -0.244. The molecular weight excluding hydrogens is 160 g/mol. The van der Waals surface area contributed by atoms with E-state index >= 15 is 0 Å². The second-order valence-electron chi connectivity index (χ2n) is 2.14. The van der Waals surface area contributed by atoms with Crippen LogP contribution in [0.15, 0.2) is 0 Å². The van der Waals surface area contributed by atoms with Crippen molar-refractivity contribution in [3.05, 3.63) is 0 Å². The van der Waals surface area contributed by atoms with Crippen LogP contribution in [-0.2, 0) is 19.0 Å². The second kappa shape index (κ2) is 8.49. The zero-order valence-electron chi connectivity index (χ0n) is 7.67. The minimum absolute atomic E-state index is 0.244. The normalized spacial score (nSPS) is 9.83. The molecule has 0 bridgehead atoms. The molecule has 0 saturated carbocycles. The average Bonchev–Trinajstić information content (AvgIpc) is 2.10. The van der Waals surface area contributed by atoms with E-state index in [1.807, 2.05) is 6.92 Å². The molecule has 0 aromatic heterocycles. The fourth-order valence-electron chi connectivity index (χ4n) is 0.622. The number of carbonyl (C=O) groups is 1. The minimum atomic E-state index is -0.244. The topological polar surface area (TPSA) is 44.8 Å². The van der Waals surface area contributed by atoms with Crippen molar-refractivity contribution in [1.29, 1.82) is 0 Å². The van der Waals surface area contributed by atoms with Crippen LogP contribution >= 0.6 is 0 Å². The monoisotopic (exact) mass is 176 g/mol. The number of carbonyl (C=O) groups excluding carboxylic acids is 1. The SMILES string of the molecule is CCOCCOCCC(=O)OC. The standard InChI is InChI=1S/C8H16O4/c1-3-11-6-7-12-5-4-8(9)10-2/h3-7H2,1-2H3. The van der Waals surface area contributed by atoms with Crippen LogP contribution in [0.25, 0.3) is 0 Å². The highest BCUT2D eigenvalue weighted by Crippen LogP contribution is 1.86. The van der Waals surface area contributed by atoms with Gasteiger partial charge in [-0.2, -0.15) is 0 Å². The Kier molecular flexibility index (Phi) is 8.05. The minimum Gasteiger partial charge on any atom is -0.469 e. The summed E-state index contributed by atoms with van der Waals surface area (Å²) in [6.07, 6.45) is 0.308. The van der Waals surface area contributed by atoms with Crippen molar-refractivity contribution in [3.63, 3.8) is 0 Å². The average molecular weight is 176 g/mol. The Hall–Kier alpha value is -0.610. The van der Waals surface area contributed by atoms with Gasteiger partial charge in [-0.05, 0) is 6.92 Å². The molecule has 0 spiro atoms. The van der Waals surface area contributed by atoms with Crippen LogP contribution in [0.2, 0.25) is 0 Å². The van der Waals surface area contributed by atoms with Gasteiger partial charge < -0.3 is 14.2 Å². The molecule has 0 aliphatic rings. The molecule has 0 fully saturated rings. The van der Waals surface area contributed by atoms with Gasteiger partial charge in [0.25, 0.3) is 0 Å². The molecule has 0 aromatic carbocycles. The number of hydrogen-bond acceptors (Lipinski definition) is 4. The molecule has 0 radical (unpaired) electrons. The Balaban J connectivity index is 2.95. The third-order valence-electron chi connectivity index (χ3n) is 1.25. The van der Waals surface area contributed by atoms with Gasteiger partial charge >= 0.3 is 5.97 Å².